The van der Waals surface area contributed by atoms with E-state index >= 15 is 0 Å². The highest BCUT2D eigenvalue weighted by Crippen LogP contribution is 2.43. The Morgan fingerprint density at radius 3 is 2.32 bits per heavy atom. The SMILES string of the molecule is COC(=O)C1(N(CCC#N)C(=O)OC(C)(C)C)CC1. The Balaban J connectivity index is 2.87. The normalized spacial score (nSPS) is 16.2. The summed E-state index contributed by atoms with van der Waals surface area (Å²) >= 11 is 0. The van der Waals surface area contributed by atoms with Gasteiger partial charge in [-0.1, -0.05) is 0 Å². The third-order valence-electron chi connectivity index (χ3n) is 2.87. The molecular formula is C13H20N2O4. The van der Waals surface area contributed by atoms with Crippen LogP contribution in [-0.2, 0) is 14.3 Å². The third-order valence-corrected chi connectivity index (χ3v) is 2.87. The van der Waals surface area contributed by atoms with E-state index in [2.05, 4.69) is 0 Å². The van der Waals surface area contributed by atoms with E-state index in [0.29, 0.717) is 12.8 Å². The number of methoxy groups -OCH3 is 1. The van der Waals surface area contributed by atoms with Gasteiger partial charge in [-0.05, 0) is 33.6 Å². The highest BCUT2D eigenvalue weighted by atomic mass is 16.6. The van der Waals surface area contributed by atoms with E-state index in [1.54, 1.807) is 20.8 Å². The molecule has 1 aliphatic rings. The fraction of sp³-hybridized carbons (Fsp3) is 0.769. The number of esters is 1. The highest BCUT2D eigenvalue weighted by Gasteiger charge is 2.58. The number of carbonyl (C=O) groups excluding carboxylic acids is 2. The monoisotopic (exact) mass is 268 g/mol. The molecule has 0 aromatic rings. The summed E-state index contributed by atoms with van der Waals surface area (Å²) < 4.78 is 10.0. The minimum absolute atomic E-state index is 0.151. The average molecular weight is 268 g/mol. The van der Waals surface area contributed by atoms with Crippen molar-refractivity contribution < 1.29 is 19.1 Å². The maximum absolute atomic E-state index is 12.2. The van der Waals surface area contributed by atoms with Crippen molar-refractivity contribution in [1.29, 1.82) is 5.26 Å². The predicted octanol–water partition coefficient (Wildman–Crippen LogP) is 1.84. The summed E-state index contributed by atoms with van der Waals surface area (Å²) in [6.45, 7) is 5.43. The fourth-order valence-corrected chi connectivity index (χ4v) is 1.85. The van der Waals surface area contributed by atoms with Crippen molar-refractivity contribution in [3.63, 3.8) is 0 Å². The second-order valence-electron chi connectivity index (χ2n) is 5.56. The number of hydrogen-bond acceptors (Lipinski definition) is 5. The van der Waals surface area contributed by atoms with Crippen molar-refractivity contribution in [3.8, 4) is 6.07 Å². The number of amides is 1. The van der Waals surface area contributed by atoms with Gasteiger partial charge in [0.1, 0.15) is 11.1 Å². The second-order valence-corrected chi connectivity index (χ2v) is 5.56. The van der Waals surface area contributed by atoms with E-state index in [4.69, 9.17) is 14.7 Å². The third kappa shape index (κ3) is 3.60. The molecule has 106 valence electrons. The van der Waals surface area contributed by atoms with Crippen LogP contribution < -0.4 is 0 Å². The van der Waals surface area contributed by atoms with Gasteiger partial charge < -0.3 is 9.47 Å². The maximum atomic E-state index is 12.2. The molecular weight excluding hydrogens is 248 g/mol. The lowest BCUT2D eigenvalue weighted by Gasteiger charge is -2.31. The van der Waals surface area contributed by atoms with Crippen LogP contribution >= 0.6 is 0 Å². The van der Waals surface area contributed by atoms with Crippen molar-refractivity contribution >= 4 is 12.1 Å². The van der Waals surface area contributed by atoms with E-state index in [1.807, 2.05) is 6.07 Å². The summed E-state index contributed by atoms with van der Waals surface area (Å²) in [4.78, 5) is 25.3. The molecule has 0 bridgehead atoms. The van der Waals surface area contributed by atoms with Gasteiger partial charge in [0.05, 0.1) is 19.6 Å². The van der Waals surface area contributed by atoms with Gasteiger partial charge in [-0.3, -0.25) is 4.90 Å². The predicted molar refractivity (Wildman–Crippen MR) is 67.2 cm³/mol. The second kappa shape index (κ2) is 5.47. The largest absolute Gasteiger partial charge is 0.467 e. The molecule has 0 aliphatic heterocycles. The summed E-state index contributed by atoms with van der Waals surface area (Å²) in [7, 11) is 1.29. The van der Waals surface area contributed by atoms with Gasteiger partial charge in [-0.15, -0.1) is 0 Å². The van der Waals surface area contributed by atoms with E-state index < -0.39 is 23.2 Å². The van der Waals surface area contributed by atoms with Crippen LogP contribution in [0.25, 0.3) is 0 Å². The summed E-state index contributed by atoms with van der Waals surface area (Å²) in [6, 6.07) is 1.97. The molecule has 1 fully saturated rings. The lowest BCUT2D eigenvalue weighted by molar-refractivity contribution is -0.148. The number of nitriles is 1. The first-order valence-electron chi connectivity index (χ1n) is 6.23. The summed E-state index contributed by atoms with van der Waals surface area (Å²) in [5.74, 6) is -0.448. The summed E-state index contributed by atoms with van der Waals surface area (Å²) in [6.07, 6.45) is 0.665. The molecule has 0 aromatic heterocycles. The van der Waals surface area contributed by atoms with E-state index in [0.717, 1.165) is 0 Å². The topological polar surface area (TPSA) is 79.6 Å². The zero-order valence-corrected chi connectivity index (χ0v) is 11.9. The van der Waals surface area contributed by atoms with Gasteiger partial charge in [0.25, 0.3) is 0 Å². The van der Waals surface area contributed by atoms with Gasteiger partial charge in [0, 0.05) is 6.54 Å². The maximum Gasteiger partial charge on any atom is 0.411 e. The van der Waals surface area contributed by atoms with Crippen LogP contribution in [0.1, 0.15) is 40.0 Å². The molecule has 1 saturated carbocycles. The van der Waals surface area contributed by atoms with Crippen LogP contribution in [0.15, 0.2) is 0 Å². The molecule has 0 atom stereocenters. The Bertz CT molecular complexity index is 402. The van der Waals surface area contributed by atoms with Gasteiger partial charge in [-0.25, -0.2) is 9.59 Å². The molecule has 1 amide bonds. The molecule has 19 heavy (non-hydrogen) atoms. The lowest BCUT2D eigenvalue weighted by atomic mass is 10.2. The minimum Gasteiger partial charge on any atom is -0.467 e. The molecule has 1 rings (SSSR count). The van der Waals surface area contributed by atoms with Crippen molar-refractivity contribution in [2.45, 2.75) is 51.2 Å². The van der Waals surface area contributed by atoms with Gasteiger partial charge in [0.2, 0.25) is 0 Å². The molecule has 6 nitrogen and oxygen atoms in total. The molecule has 0 radical (unpaired) electrons. The van der Waals surface area contributed by atoms with E-state index in [1.165, 1.54) is 12.0 Å². The van der Waals surface area contributed by atoms with Crippen LogP contribution in [0.5, 0.6) is 0 Å². The number of rotatable bonds is 4. The standard InChI is InChI=1S/C13H20N2O4/c1-12(2,3)19-11(17)15(9-5-8-14)13(6-7-13)10(16)18-4/h5-7,9H2,1-4H3. The quantitative estimate of drug-likeness (QED) is 0.727. The van der Waals surface area contributed by atoms with Crippen molar-refractivity contribution in [2.75, 3.05) is 13.7 Å². The molecule has 1 aliphatic carbocycles. The van der Waals surface area contributed by atoms with Crippen LogP contribution in [0.4, 0.5) is 4.79 Å². The van der Waals surface area contributed by atoms with Gasteiger partial charge in [-0.2, -0.15) is 5.26 Å². The molecule has 0 spiro atoms. The zero-order valence-electron chi connectivity index (χ0n) is 11.9. The zero-order chi connectivity index (χ0) is 14.7. The Labute approximate surface area is 113 Å². The van der Waals surface area contributed by atoms with Crippen molar-refractivity contribution in [1.82, 2.24) is 4.90 Å². The number of hydrogen-bond donors (Lipinski definition) is 0. The van der Waals surface area contributed by atoms with E-state index in [9.17, 15) is 9.59 Å². The Morgan fingerprint density at radius 1 is 1.37 bits per heavy atom. The molecule has 0 heterocycles. The van der Waals surface area contributed by atoms with Crippen LogP contribution in [0.3, 0.4) is 0 Å². The average Bonchev–Trinajstić information content (AvgIpc) is 3.07. The smallest absolute Gasteiger partial charge is 0.411 e. The van der Waals surface area contributed by atoms with E-state index in [-0.39, 0.29) is 13.0 Å². The summed E-state index contributed by atoms with van der Waals surface area (Å²) in [5.41, 5.74) is -1.58. The number of carbonyl (C=O) groups is 2. The molecule has 0 aromatic carbocycles. The van der Waals surface area contributed by atoms with Crippen molar-refractivity contribution in [3.05, 3.63) is 0 Å². The van der Waals surface area contributed by atoms with Gasteiger partial charge in [0.15, 0.2) is 0 Å². The molecule has 0 unspecified atom stereocenters. The van der Waals surface area contributed by atoms with Crippen molar-refractivity contribution in [2.24, 2.45) is 0 Å². The van der Waals surface area contributed by atoms with Crippen LogP contribution in [0, 0.1) is 11.3 Å². The number of ether oxygens (including phenoxy) is 2. The number of nitrogens with zero attached hydrogens (tertiary/aromatic N) is 2. The Kier molecular flexibility index (Phi) is 4.40. The van der Waals surface area contributed by atoms with Crippen LogP contribution in [-0.4, -0.2) is 41.8 Å². The van der Waals surface area contributed by atoms with Crippen LogP contribution in [0.2, 0.25) is 0 Å². The summed E-state index contributed by atoms with van der Waals surface area (Å²) in [5, 5.41) is 8.67. The molecule has 6 heteroatoms. The first kappa shape index (κ1) is 15.3. The lowest BCUT2D eigenvalue weighted by Crippen LogP contribution is -2.50. The molecule has 0 saturated heterocycles. The van der Waals surface area contributed by atoms with Gasteiger partial charge >= 0.3 is 12.1 Å². The minimum atomic E-state index is -0.937. The molecule has 0 N–H and O–H groups in total. The highest BCUT2D eigenvalue weighted by molar-refractivity contribution is 5.88. The first-order chi connectivity index (χ1) is 8.77. The Morgan fingerprint density at radius 2 is 1.95 bits per heavy atom. The fourth-order valence-electron chi connectivity index (χ4n) is 1.85. The Hall–Kier alpha value is -1.77. The first-order valence-corrected chi connectivity index (χ1v) is 6.23.